The van der Waals surface area contributed by atoms with Crippen molar-refractivity contribution in [2.75, 3.05) is 5.32 Å². The Hall–Kier alpha value is -5.08. The molecule has 0 fully saturated rings. The summed E-state index contributed by atoms with van der Waals surface area (Å²) in [5.41, 5.74) is 0.190. The van der Waals surface area contributed by atoms with Crippen molar-refractivity contribution < 1.29 is 24.7 Å². The normalized spacial score (nSPS) is 17.8. The zero-order chi connectivity index (χ0) is 41.0. The molecule has 7 rings (SSSR count). The Balaban J connectivity index is 1.50. The molecule has 7 aromatic rings. The van der Waals surface area contributed by atoms with E-state index in [1.54, 1.807) is 18.2 Å². The van der Waals surface area contributed by atoms with Gasteiger partial charge in [0, 0.05) is 27.8 Å². The van der Waals surface area contributed by atoms with Crippen molar-refractivity contribution in [2.45, 2.75) is 0 Å². The standard InChI is InChI=1S/C36H26N2/c1-3-12-26(13-4-1)28-22-29(27-14-5-2-6-15-27)24-31(23-28)37-30-16-11-17-32(25-30)38-35-20-9-7-18-33(35)34-19-8-10-21-36(34)38/h1-25,37H/i1D,2D,3D,4D,5D,6D,7D,8D,9D,10D,12D,13D,14D,15D,18D,19D,20D,21D. The predicted molar refractivity (Wildman–Crippen MR) is 161 cm³/mol. The maximum absolute atomic E-state index is 8.81. The molecule has 0 aliphatic carbocycles. The highest BCUT2D eigenvalue weighted by atomic mass is 15.0. The van der Waals surface area contributed by atoms with Gasteiger partial charge >= 0.3 is 0 Å². The van der Waals surface area contributed by atoms with Crippen LogP contribution in [0.5, 0.6) is 0 Å². The third-order valence-corrected chi connectivity index (χ3v) is 5.94. The first kappa shape index (κ1) is 10.4. The van der Waals surface area contributed by atoms with Crippen molar-refractivity contribution in [3.05, 3.63) is 151 Å². The van der Waals surface area contributed by atoms with Gasteiger partial charge in [0.25, 0.3) is 0 Å². The summed E-state index contributed by atoms with van der Waals surface area (Å²) in [5, 5.41) is 2.94. The van der Waals surface area contributed by atoms with Crippen molar-refractivity contribution in [3.63, 3.8) is 0 Å². The van der Waals surface area contributed by atoms with Gasteiger partial charge in [0.15, 0.2) is 0 Å². The van der Waals surface area contributed by atoms with Crippen LogP contribution in [0.3, 0.4) is 0 Å². The zero-order valence-electron chi connectivity index (χ0n) is 37.5. The lowest BCUT2D eigenvalue weighted by Crippen LogP contribution is -1.97. The highest BCUT2D eigenvalue weighted by molar-refractivity contribution is 6.09. The average molecular weight is 505 g/mol. The van der Waals surface area contributed by atoms with Gasteiger partial charge in [-0.3, -0.25) is 0 Å². The summed E-state index contributed by atoms with van der Waals surface area (Å²) in [4.78, 5) is 0. The maximum Gasteiger partial charge on any atom is 0.0645 e. The second-order valence-corrected chi connectivity index (χ2v) is 8.26. The highest BCUT2D eigenvalue weighted by Gasteiger charge is 2.12. The van der Waals surface area contributed by atoms with Gasteiger partial charge in [-0.15, -0.1) is 0 Å². The van der Waals surface area contributed by atoms with E-state index in [1.807, 2.05) is 0 Å². The lowest BCUT2D eigenvalue weighted by Gasteiger charge is -2.14. The fourth-order valence-electron chi connectivity index (χ4n) is 4.35. The molecular formula is C36H26N2. The third-order valence-electron chi connectivity index (χ3n) is 5.94. The van der Waals surface area contributed by atoms with Gasteiger partial charge in [-0.2, -0.15) is 0 Å². The topological polar surface area (TPSA) is 17.0 Å². The minimum absolute atomic E-state index is 0.0550. The molecule has 0 radical (unpaired) electrons. The van der Waals surface area contributed by atoms with E-state index < -0.39 is 109 Å². The summed E-state index contributed by atoms with van der Waals surface area (Å²) >= 11 is 0. The quantitative estimate of drug-likeness (QED) is 0.247. The first-order valence-corrected chi connectivity index (χ1v) is 11.5. The fraction of sp³-hybridized carbons (Fsp3) is 0. The van der Waals surface area contributed by atoms with Crippen LogP contribution in [0.1, 0.15) is 24.7 Å². The van der Waals surface area contributed by atoms with E-state index in [-0.39, 0.29) is 55.4 Å². The molecule has 2 nitrogen and oxygen atoms in total. The van der Waals surface area contributed by atoms with Crippen LogP contribution in [0.4, 0.5) is 11.4 Å². The minimum atomic E-state index is -0.625. The van der Waals surface area contributed by atoms with E-state index in [1.165, 1.54) is 28.8 Å². The molecule has 0 amide bonds. The summed E-state index contributed by atoms with van der Waals surface area (Å²) in [6, 6.07) is 0.388. The number of nitrogens with zero attached hydrogens (tertiary/aromatic N) is 1. The number of nitrogens with one attached hydrogen (secondary N) is 1. The molecule has 0 unspecified atom stereocenters. The Morgan fingerprint density at radius 1 is 0.474 bits per heavy atom. The number of rotatable bonds is 5. The molecule has 0 saturated heterocycles. The van der Waals surface area contributed by atoms with Crippen molar-refractivity contribution in [1.82, 2.24) is 4.57 Å². The molecule has 1 heterocycles. The van der Waals surface area contributed by atoms with Gasteiger partial charge in [-0.25, -0.2) is 0 Å². The molecule has 0 aliphatic rings. The molecule has 0 spiro atoms. The molecule has 6 aromatic carbocycles. The number of aromatic nitrogens is 1. The summed E-state index contributed by atoms with van der Waals surface area (Å²) < 4.78 is 153. The Bertz CT molecular complexity index is 2660. The van der Waals surface area contributed by atoms with Crippen LogP contribution >= 0.6 is 0 Å². The van der Waals surface area contributed by atoms with Crippen LogP contribution < -0.4 is 5.32 Å². The third kappa shape index (κ3) is 4.03. The van der Waals surface area contributed by atoms with Crippen LogP contribution in [-0.4, -0.2) is 4.57 Å². The van der Waals surface area contributed by atoms with Crippen LogP contribution in [0.2, 0.25) is 0 Å². The van der Waals surface area contributed by atoms with Gasteiger partial charge in [0.2, 0.25) is 0 Å². The zero-order valence-corrected chi connectivity index (χ0v) is 19.5. The monoisotopic (exact) mass is 504 g/mol. The van der Waals surface area contributed by atoms with E-state index in [9.17, 15) is 0 Å². The molecule has 0 saturated carbocycles. The molecule has 0 bridgehead atoms. The van der Waals surface area contributed by atoms with Gasteiger partial charge in [-0.1, -0.05) is 103 Å². The Morgan fingerprint density at radius 2 is 1.00 bits per heavy atom. The van der Waals surface area contributed by atoms with Gasteiger partial charge in [0.05, 0.1) is 35.7 Å². The Labute approximate surface area is 247 Å². The largest absolute Gasteiger partial charge is 0.355 e. The Kier molecular flexibility index (Phi) is 2.57. The van der Waals surface area contributed by atoms with Crippen LogP contribution in [-0.2, 0) is 0 Å². The summed E-state index contributed by atoms with van der Waals surface area (Å²) in [7, 11) is 0. The molecule has 180 valence electrons. The smallest absolute Gasteiger partial charge is 0.0645 e. The van der Waals surface area contributed by atoms with E-state index in [4.69, 9.17) is 24.7 Å². The summed E-state index contributed by atoms with van der Waals surface area (Å²) in [6.07, 6.45) is 0. The lowest BCUT2D eigenvalue weighted by atomic mass is 9.98. The number of para-hydroxylation sites is 2. The van der Waals surface area contributed by atoms with E-state index >= 15 is 0 Å². The van der Waals surface area contributed by atoms with Crippen LogP contribution in [0, 0.1) is 0 Å². The van der Waals surface area contributed by atoms with E-state index in [0.29, 0.717) is 5.69 Å². The van der Waals surface area contributed by atoms with Crippen molar-refractivity contribution in [2.24, 2.45) is 0 Å². The SMILES string of the molecule is [2H]c1c([2H])c([2H])c(-c2cc(Nc3cccc(-n4c5c([2H])c([2H])c([2H])c([2H])c5c5c([2H])c([2H])c([2H])c([2H])c54)c3)cc(-c3c([2H])c([2H])c([2H])c([2H])c3[2H])c2)c([2H])c1[2H]. The lowest BCUT2D eigenvalue weighted by molar-refractivity contribution is 1.18. The predicted octanol–water partition coefficient (Wildman–Crippen LogP) is 9.86. The van der Waals surface area contributed by atoms with Gasteiger partial charge in [0.1, 0.15) is 0 Å². The van der Waals surface area contributed by atoms with Crippen molar-refractivity contribution >= 4 is 33.2 Å². The van der Waals surface area contributed by atoms with Crippen molar-refractivity contribution in [3.8, 4) is 27.9 Å². The summed E-state index contributed by atoms with van der Waals surface area (Å²) in [6.45, 7) is 0. The fourth-order valence-corrected chi connectivity index (χ4v) is 4.35. The number of benzene rings is 6. The first-order chi connectivity index (χ1) is 26.3. The molecule has 0 atom stereocenters. The second kappa shape index (κ2) is 9.42. The molecular weight excluding hydrogens is 460 g/mol. The van der Waals surface area contributed by atoms with Crippen LogP contribution in [0.25, 0.3) is 49.7 Å². The summed E-state index contributed by atoms with van der Waals surface area (Å²) in [5.74, 6) is 0. The molecule has 38 heavy (non-hydrogen) atoms. The van der Waals surface area contributed by atoms with E-state index in [2.05, 4.69) is 5.32 Å². The van der Waals surface area contributed by atoms with Gasteiger partial charge in [-0.05, 0) is 70.7 Å². The minimum Gasteiger partial charge on any atom is -0.355 e. The second-order valence-electron chi connectivity index (χ2n) is 8.26. The number of hydrogen-bond acceptors (Lipinski definition) is 1. The van der Waals surface area contributed by atoms with Crippen molar-refractivity contribution in [1.29, 1.82) is 0 Å². The highest BCUT2D eigenvalue weighted by Crippen LogP contribution is 2.34. The molecule has 0 aliphatic heterocycles. The molecule has 1 aromatic heterocycles. The Morgan fingerprint density at radius 3 is 1.58 bits per heavy atom. The molecule has 2 heteroatoms. The van der Waals surface area contributed by atoms with E-state index in [0.717, 1.165) is 0 Å². The average Bonchev–Trinajstić information content (AvgIpc) is 3.54. The van der Waals surface area contributed by atoms with Gasteiger partial charge < -0.3 is 9.88 Å². The number of anilines is 2. The number of fused-ring (bicyclic) bond motifs is 3. The van der Waals surface area contributed by atoms with Crippen LogP contribution in [0.15, 0.2) is 151 Å². The first-order valence-electron chi connectivity index (χ1n) is 20.5. The maximum atomic E-state index is 8.81. The number of hydrogen-bond donors (Lipinski definition) is 1. The molecule has 1 N–H and O–H groups in total.